The molecule has 0 radical (unpaired) electrons. The van der Waals surface area contributed by atoms with Crippen LogP contribution in [0.4, 0.5) is 0 Å². The Labute approximate surface area is 107 Å². The van der Waals surface area contributed by atoms with E-state index in [2.05, 4.69) is 66.5 Å². The Morgan fingerprint density at radius 1 is 1.18 bits per heavy atom. The van der Waals surface area contributed by atoms with E-state index in [1.54, 1.807) is 0 Å². The lowest BCUT2D eigenvalue weighted by Crippen LogP contribution is -1.90. The molecule has 1 aromatic carbocycles. The molecule has 0 spiro atoms. The first-order valence-corrected chi connectivity index (χ1v) is 7.75. The average Bonchev–Trinajstić information content (AvgIpc) is 2.83. The van der Waals surface area contributed by atoms with Gasteiger partial charge < -0.3 is 0 Å². The van der Waals surface area contributed by atoms with E-state index >= 15 is 0 Å². The smallest absolute Gasteiger partial charge is 0.0220 e. The molecule has 90 valence electrons. The summed E-state index contributed by atoms with van der Waals surface area (Å²) in [4.78, 5) is 0. The van der Waals surface area contributed by atoms with Crippen molar-refractivity contribution < 1.29 is 0 Å². The fourth-order valence-corrected chi connectivity index (χ4v) is 3.26. The van der Waals surface area contributed by atoms with Crippen molar-refractivity contribution in [1.82, 2.24) is 0 Å². The Balaban J connectivity index is 2.17. The van der Waals surface area contributed by atoms with Crippen LogP contribution < -0.4 is 0 Å². The summed E-state index contributed by atoms with van der Waals surface area (Å²) < 4.78 is 0. The van der Waals surface area contributed by atoms with Crippen LogP contribution in [0.3, 0.4) is 0 Å². The van der Waals surface area contributed by atoms with Gasteiger partial charge in [-0.05, 0) is 52.3 Å². The maximum absolute atomic E-state index is 2.33. The lowest BCUT2D eigenvalue weighted by molar-refractivity contribution is 0.912. The zero-order chi connectivity index (χ0) is 12.1. The Bertz CT molecular complexity index is 454. The number of allylic oxidation sites excluding steroid dienone is 2. The van der Waals surface area contributed by atoms with Gasteiger partial charge in [-0.3, -0.25) is 0 Å². The Kier molecular flexibility index (Phi) is 4.27. The van der Waals surface area contributed by atoms with Crippen LogP contribution in [0.5, 0.6) is 0 Å². The molecular formula is C16H20S. The van der Waals surface area contributed by atoms with Gasteiger partial charge in [0, 0.05) is 0 Å². The van der Waals surface area contributed by atoms with Crippen molar-refractivity contribution in [2.75, 3.05) is 0 Å². The number of benzene rings is 1. The molecule has 1 aliphatic rings. The lowest BCUT2D eigenvalue weighted by Gasteiger charge is -2.08. The minimum atomic E-state index is -0.140. The van der Waals surface area contributed by atoms with Crippen LogP contribution in [-0.2, 0) is 6.42 Å². The van der Waals surface area contributed by atoms with Crippen LogP contribution >= 0.6 is 10.9 Å². The van der Waals surface area contributed by atoms with E-state index < -0.39 is 0 Å². The maximum atomic E-state index is 2.33. The Morgan fingerprint density at radius 3 is 2.65 bits per heavy atom. The SMILES string of the molecule is CCCc1cccc(C=C[SH]2C=CC=C2)c1C. The summed E-state index contributed by atoms with van der Waals surface area (Å²) in [5.41, 5.74) is 4.29. The standard InChI is InChI=1S/C16H20S/c1-3-7-15-8-6-9-16(14(15)2)10-13-17-11-4-5-12-17/h4-6,8-13,17H,3,7H2,1-2H3. The van der Waals surface area contributed by atoms with E-state index in [-0.39, 0.29) is 10.9 Å². The molecule has 0 saturated carbocycles. The second-order valence-corrected chi connectivity index (χ2v) is 6.12. The van der Waals surface area contributed by atoms with E-state index in [0.29, 0.717) is 0 Å². The summed E-state index contributed by atoms with van der Waals surface area (Å²) in [6.07, 6.45) is 8.95. The maximum Gasteiger partial charge on any atom is -0.0220 e. The molecule has 0 unspecified atom stereocenters. The molecule has 0 fully saturated rings. The number of hydrogen-bond acceptors (Lipinski definition) is 0. The highest BCUT2D eigenvalue weighted by Crippen LogP contribution is 2.35. The zero-order valence-corrected chi connectivity index (χ0v) is 11.5. The molecule has 17 heavy (non-hydrogen) atoms. The molecule has 2 rings (SSSR count). The predicted octanol–water partition coefficient (Wildman–Crippen LogP) is 4.96. The van der Waals surface area contributed by atoms with Gasteiger partial charge in [0.05, 0.1) is 0 Å². The molecule has 0 atom stereocenters. The summed E-state index contributed by atoms with van der Waals surface area (Å²) in [5.74, 6) is 0. The third-order valence-corrected chi connectivity index (χ3v) is 4.59. The minimum absolute atomic E-state index is 0.140. The van der Waals surface area contributed by atoms with E-state index in [0.717, 1.165) is 0 Å². The Morgan fingerprint density at radius 2 is 1.94 bits per heavy atom. The van der Waals surface area contributed by atoms with Crippen molar-refractivity contribution in [1.29, 1.82) is 0 Å². The van der Waals surface area contributed by atoms with Gasteiger partial charge in [-0.2, -0.15) is 10.9 Å². The van der Waals surface area contributed by atoms with E-state index in [1.165, 1.54) is 29.5 Å². The first-order valence-electron chi connectivity index (χ1n) is 6.20. The largest absolute Gasteiger partial charge is 0.193 e. The normalized spacial score (nSPS) is 16.2. The van der Waals surface area contributed by atoms with Gasteiger partial charge in [0.1, 0.15) is 0 Å². The van der Waals surface area contributed by atoms with Gasteiger partial charge >= 0.3 is 0 Å². The van der Waals surface area contributed by atoms with Crippen molar-refractivity contribution in [3.63, 3.8) is 0 Å². The second-order valence-electron chi connectivity index (χ2n) is 4.33. The van der Waals surface area contributed by atoms with Crippen LogP contribution in [0.15, 0.2) is 46.6 Å². The molecule has 0 saturated heterocycles. The molecular weight excluding hydrogens is 224 g/mol. The van der Waals surface area contributed by atoms with Gasteiger partial charge in [0.25, 0.3) is 0 Å². The summed E-state index contributed by atoms with van der Waals surface area (Å²) in [5, 5.41) is 6.88. The van der Waals surface area contributed by atoms with Gasteiger partial charge in [0.15, 0.2) is 0 Å². The van der Waals surface area contributed by atoms with E-state index in [4.69, 9.17) is 0 Å². The quantitative estimate of drug-likeness (QED) is 0.711. The van der Waals surface area contributed by atoms with Gasteiger partial charge in [-0.1, -0.05) is 43.7 Å². The van der Waals surface area contributed by atoms with Crippen molar-refractivity contribution in [2.24, 2.45) is 0 Å². The lowest BCUT2D eigenvalue weighted by atomic mass is 9.99. The number of rotatable bonds is 4. The highest BCUT2D eigenvalue weighted by atomic mass is 32.2. The van der Waals surface area contributed by atoms with Crippen LogP contribution in [0.1, 0.15) is 30.0 Å². The minimum Gasteiger partial charge on any atom is -0.193 e. The molecule has 0 N–H and O–H groups in total. The molecule has 1 aromatic rings. The van der Waals surface area contributed by atoms with Gasteiger partial charge in [-0.25, -0.2) is 0 Å². The third-order valence-electron chi connectivity index (χ3n) is 3.06. The van der Waals surface area contributed by atoms with Crippen LogP contribution in [0, 0.1) is 6.92 Å². The third kappa shape index (κ3) is 3.13. The monoisotopic (exact) mass is 244 g/mol. The molecule has 1 heterocycles. The molecule has 0 nitrogen and oxygen atoms in total. The predicted molar refractivity (Wildman–Crippen MR) is 81.5 cm³/mol. The first kappa shape index (κ1) is 12.3. The van der Waals surface area contributed by atoms with Crippen molar-refractivity contribution in [2.45, 2.75) is 26.7 Å². The highest BCUT2D eigenvalue weighted by molar-refractivity contribution is 8.24. The van der Waals surface area contributed by atoms with Crippen molar-refractivity contribution in [3.8, 4) is 0 Å². The van der Waals surface area contributed by atoms with Gasteiger partial charge in [0.2, 0.25) is 0 Å². The Hall–Kier alpha value is -1.21. The first-order chi connectivity index (χ1) is 8.31. The van der Waals surface area contributed by atoms with E-state index in [1.807, 2.05) is 0 Å². The molecule has 1 heteroatoms. The van der Waals surface area contributed by atoms with Gasteiger partial charge in [-0.15, -0.1) is 0 Å². The molecule has 0 bridgehead atoms. The molecule has 1 aliphatic heterocycles. The highest BCUT2D eigenvalue weighted by Gasteiger charge is 2.01. The van der Waals surface area contributed by atoms with Crippen molar-refractivity contribution in [3.05, 3.63) is 63.3 Å². The average molecular weight is 244 g/mol. The fraction of sp³-hybridized carbons (Fsp3) is 0.250. The van der Waals surface area contributed by atoms with Crippen LogP contribution in [0.25, 0.3) is 6.08 Å². The molecule has 0 aromatic heterocycles. The number of aryl methyl sites for hydroxylation is 1. The number of thiol groups is 1. The summed E-state index contributed by atoms with van der Waals surface area (Å²) in [6.45, 7) is 4.47. The summed E-state index contributed by atoms with van der Waals surface area (Å²) in [7, 11) is -0.140. The summed E-state index contributed by atoms with van der Waals surface area (Å²) >= 11 is 0. The second kappa shape index (κ2) is 5.92. The molecule has 0 aliphatic carbocycles. The fourth-order valence-electron chi connectivity index (χ4n) is 2.04. The topological polar surface area (TPSA) is 0 Å². The zero-order valence-electron chi connectivity index (χ0n) is 10.6. The number of hydrogen-bond donors (Lipinski definition) is 1. The van der Waals surface area contributed by atoms with Crippen LogP contribution in [0.2, 0.25) is 0 Å². The van der Waals surface area contributed by atoms with Crippen LogP contribution in [-0.4, -0.2) is 0 Å². The molecule has 0 amide bonds. The summed E-state index contributed by atoms with van der Waals surface area (Å²) in [6, 6.07) is 6.63. The van der Waals surface area contributed by atoms with E-state index in [9.17, 15) is 0 Å². The van der Waals surface area contributed by atoms with Crippen molar-refractivity contribution >= 4 is 17.0 Å².